The molecule has 1 heteroatoms. The van der Waals surface area contributed by atoms with Gasteiger partial charge in [-0.1, -0.05) is 38.2 Å². The Bertz CT molecular complexity index is 170. The Balaban J connectivity index is 3.85. The maximum Gasteiger partial charge on any atom is 0.0276 e. The number of hydrogen-bond acceptors (Lipinski definition) is 1. The molecule has 1 atom stereocenters. The van der Waals surface area contributed by atoms with Crippen molar-refractivity contribution in [2.45, 2.75) is 45.6 Å². The third kappa shape index (κ3) is 4.89. The lowest BCUT2D eigenvalue weighted by Gasteiger charge is -2.18. The van der Waals surface area contributed by atoms with Gasteiger partial charge in [0.05, 0.1) is 0 Å². The van der Waals surface area contributed by atoms with Crippen LogP contribution in [0.3, 0.4) is 0 Å². The fraction of sp³-hybridized carbons (Fsp3) is 0.667. The first kappa shape index (κ1) is 12.4. The molecule has 0 aromatic carbocycles. The minimum atomic E-state index is 0.466. The van der Waals surface area contributed by atoms with Crippen molar-refractivity contribution >= 4 is 0 Å². The summed E-state index contributed by atoms with van der Waals surface area (Å²) in [5.74, 6) is 0. The van der Waals surface area contributed by atoms with Crippen molar-refractivity contribution in [3.8, 4) is 0 Å². The summed E-state index contributed by atoms with van der Waals surface area (Å²) in [4.78, 5) is 0. The largest absolute Gasteiger partial charge is 0.313 e. The maximum absolute atomic E-state index is 4.06. The zero-order valence-electron chi connectivity index (χ0n) is 9.32. The van der Waals surface area contributed by atoms with Crippen LogP contribution >= 0.6 is 0 Å². The molecule has 1 N–H and O–H groups in total. The number of likely N-dealkylation sites (N-methyl/N-ethyl adjacent to an activating group) is 1. The van der Waals surface area contributed by atoms with Crippen LogP contribution in [-0.2, 0) is 0 Å². The highest BCUT2D eigenvalue weighted by Crippen LogP contribution is 2.14. The van der Waals surface area contributed by atoms with Crippen LogP contribution in [0.1, 0.15) is 39.5 Å². The van der Waals surface area contributed by atoms with Crippen molar-refractivity contribution in [2.24, 2.45) is 0 Å². The van der Waals surface area contributed by atoms with Gasteiger partial charge in [-0.3, -0.25) is 0 Å². The van der Waals surface area contributed by atoms with Gasteiger partial charge in [-0.15, -0.1) is 0 Å². The summed E-state index contributed by atoms with van der Waals surface area (Å²) in [6.45, 7) is 12.4. The summed E-state index contributed by atoms with van der Waals surface area (Å²) >= 11 is 0. The van der Waals surface area contributed by atoms with Crippen molar-refractivity contribution in [2.75, 3.05) is 7.05 Å². The molecule has 1 unspecified atom stereocenters. The molecule has 0 rings (SSSR count). The molecule has 0 aromatic rings. The Labute approximate surface area is 82.9 Å². The maximum atomic E-state index is 4.06. The lowest BCUT2D eigenvalue weighted by Crippen LogP contribution is -2.26. The fourth-order valence-electron chi connectivity index (χ4n) is 1.32. The van der Waals surface area contributed by atoms with Crippen LogP contribution in [0.25, 0.3) is 0 Å². The molecule has 0 aliphatic carbocycles. The summed E-state index contributed by atoms with van der Waals surface area (Å²) in [5, 5.41) is 3.29. The molecule has 0 saturated heterocycles. The molecule has 0 fully saturated rings. The van der Waals surface area contributed by atoms with Gasteiger partial charge in [0.2, 0.25) is 0 Å². The smallest absolute Gasteiger partial charge is 0.0276 e. The lowest BCUT2D eigenvalue weighted by atomic mass is 9.98. The number of allylic oxidation sites excluding steroid dienone is 1. The third-order valence-corrected chi connectivity index (χ3v) is 2.58. The molecule has 0 aliphatic rings. The predicted octanol–water partition coefficient (Wildman–Crippen LogP) is 3.29. The molecule has 0 saturated carbocycles. The zero-order chi connectivity index (χ0) is 10.3. The molecule has 13 heavy (non-hydrogen) atoms. The Morgan fingerprint density at radius 2 is 1.85 bits per heavy atom. The molecule has 0 spiro atoms. The Morgan fingerprint density at radius 1 is 1.23 bits per heavy atom. The van der Waals surface area contributed by atoms with Crippen molar-refractivity contribution < 1.29 is 0 Å². The van der Waals surface area contributed by atoms with Gasteiger partial charge >= 0.3 is 0 Å². The zero-order valence-corrected chi connectivity index (χ0v) is 9.32. The second kappa shape index (κ2) is 6.90. The normalized spacial score (nSPS) is 12.5. The SMILES string of the molecule is C=C(CC)CCC(NC)C(=C)CC. The molecule has 0 heterocycles. The van der Waals surface area contributed by atoms with E-state index in [9.17, 15) is 0 Å². The molecule has 0 amide bonds. The van der Waals surface area contributed by atoms with Crippen LogP contribution in [0.5, 0.6) is 0 Å². The molecule has 1 nitrogen and oxygen atoms in total. The average molecular weight is 181 g/mol. The van der Waals surface area contributed by atoms with E-state index >= 15 is 0 Å². The Hall–Kier alpha value is -0.560. The Morgan fingerprint density at radius 3 is 2.23 bits per heavy atom. The molecular weight excluding hydrogens is 158 g/mol. The Kier molecular flexibility index (Phi) is 6.61. The second-order valence-corrected chi connectivity index (χ2v) is 3.50. The van der Waals surface area contributed by atoms with Crippen molar-refractivity contribution in [1.29, 1.82) is 0 Å². The fourth-order valence-corrected chi connectivity index (χ4v) is 1.32. The standard InChI is InChI=1S/C12H23N/c1-6-10(3)8-9-12(13-5)11(4)7-2/h12-13H,3-4,6-9H2,1-2,5H3. The van der Waals surface area contributed by atoms with Crippen LogP contribution in [-0.4, -0.2) is 13.1 Å². The monoisotopic (exact) mass is 181 g/mol. The van der Waals surface area contributed by atoms with Gasteiger partial charge in [0.15, 0.2) is 0 Å². The molecular formula is C12H23N. The number of nitrogens with one attached hydrogen (secondary N) is 1. The van der Waals surface area contributed by atoms with Gasteiger partial charge in [0.25, 0.3) is 0 Å². The average Bonchev–Trinajstić information content (AvgIpc) is 2.17. The van der Waals surface area contributed by atoms with E-state index in [0.717, 1.165) is 25.7 Å². The van der Waals surface area contributed by atoms with Gasteiger partial charge in [-0.05, 0) is 32.7 Å². The lowest BCUT2D eigenvalue weighted by molar-refractivity contribution is 0.571. The highest BCUT2D eigenvalue weighted by molar-refractivity contribution is 5.06. The van der Waals surface area contributed by atoms with Gasteiger partial charge in [-0.25, -0.2) is 0 Å². The molecule has 0 bridgehead atoms. The highest BCUT2D eigenvalue weighted by Gasteiger charge is 2.08. The van der Waals surface area contributed by atoms with Gasteiger partial charge in [0, 0.05) is 6.04 Å². The van der Waals surface area contributed by atoms with Crippen LogP contribution in [0.15, 0.2) is 24.3 Å². The first-order valence-electron chi connectivity index (χ1n) is 5.17. The van der Waals surface area contributed by atoms with Crippen molar-refractivity contribution in [3.05, 3.63) is 24.3 Å². The third-order valence-electron chi connectivity index (χ3n) is 2.58. The molecule has 0 radical (unpaired) electrons. The van der Waals surface area contributed by atoms with E-state index in [0.29, 0.717) is 6.04 Å². The van der Waals surface area contributed by atoms with Crippen LogP contribution < -0.4 is 5.32 Å². The minimum absolute atomic E-state index is 0.466. The minimum Gasteiger partial charge on any atom is -0.313 e. The van der Waals surface area contributed by atoms with Crippen molar-refractivity contribution in [3.63, 3.8) is 0 Å². The highest BCUT2D eigenvalue weighted by atomic mass is 14.9. The number of rotatable bonds is 7. The van der Waals surface area contributed by atoms with Crippen LogP contribution in [0, 0.1) is 0 Å². The predicted molar refractivity (Wildman–Crippen MR) is 60.9 cm³/mol. The molecule has 76 valence electrons. The van der Waals surface area contributed by atoms with E-state index in [2.05, 4.69) is 32.3 Å². The van der Waals surface area contributed by atoms with Crippen LogP contribution in [0.4, 0.5) is 0 Å². The topological polar surface area (TPSA) is 12.0 Å². The molecule has 0 aromatic heterocycles. The summed E-state index contributed by atoms with van der Waals surface area (Å²) in [5.41, 5.74) is 2.63. The molecule has 0 aliphatic heterocycles. The summed E-state index contributed by atoms with van der Waals surface area (Å²) in [7, 11) is 2.00. The summed E-state index contributed by atoms with van der Waals surface area (Å²) in [6.07, 6.45) is 4.40. The quantitative estimate of drug-likeness (QED) is 0.594. The first-order valence-corrected chi connectivity index (χ1v) is 5.17. The number of hydrogen-bond donors (Lipinski definition) is 1. The van der Waals surface area contributed by atoms with Crippen molar-refractivity contribution in [1.82, 2.24) is 5.32 Å². The van der Waals surface area contributed by atoms with E-state index in [1.807, 2.05) is 7.05 Å². The van der Waals surface area contributed by atoms with Crippen LogP contribution in [0.2, 0.25) is 0 Å². The van der Waals surface area contributed by atoms with Gasteiger partial charge in [0.1, 0.15) is 0 Å². The van der Waals surface area contributed by atoms with E-state index < -0.39 is 0 Å². The first-order chi connectivity index (χ1) is 6.15. The summed E-state index contributed by atoms with van der Waals surface area (Å²) < 4.78 is 0. The van der Waals surface area contributed by atoms with E-state index in [-0.39, 0.29) is 0 Å². The van der Waals surface area contributed by atoms with E-state index in [4.69, 9.17) is 0 Å². The summed E-state index contributed by atoms with van der Waals surface area (Å²) in [6, 6.07) is 0.466. The van der Waals surface area contributed by atoms with Gasteiger partial charge in [-0.2, -0.15) is 0 Å². The second-order valence-electron chi connectivity index (χ2n) is 3.50. The van der Waals surface area contributed by atoms with E-state index in [1.54, 1.807) is 0 Å². The van der Waals surface area contributed by atoms with E-state index in [1.165, 1.54) is 11.1 Å². The van der Waals surface area contributed by atoms with Gasteiger partial charge < -0.3 is 5.32 Å².